The molecule has 1 aromatic heterocycles. The molecule has 0 bridgehead atoms. The van der Waals surface area contributed by atoms with Crippen LogP contribution in [0.25, 0.3) is 0 Å². The molecule has 1 heterocycles. The Kier molecular flexibility index (Phi) is 6.85. The maximum Gasteiger partial charge on any atom is 0.330 e. The van der Waals surface area contributed by atoms with E-state index in [9.17, 15) is 9.90 Å². The van der Waals surface area contributed by atoms with Crippen molar-refractivity contribution in [1.29, 1.82) is 5.26 Å². The van der Waals surface area contributed by atoms with Crippen LogP contribution < -0.4 is 14.8 Å². The molecule has 0 saturated heterocycles. The first-order valence-corrected chi connectivity index (χ1v) is 9.38. The molecule has 7 nitrogen and oxygen atoms in total. The zero-order valence-electron chi connectivity index (χ0n) is 16.4. The van der Waals surface area contributed by atoms with Gasteiger partial charge in [-0.25, -0.2) is 4.79 Å². The van der Waals surface area contributed by atoms with Crippen LogP contribution >= 0.6 is 0 Å². The minimum atomic E-state index is -1.05. The molecule has 1 unspecified atom stereocenters. The van der Waals surface area contributed by atoms with Gasteiger partial charge in [0.05, 0.1) is 18.2 Å². The number of carboxylic acids is 1. The number of pyridine rings is 1. The Balaban J connectivity index is 1.86. The molecule has 3 rings (SSSR count). The van der Waals surface area contributed by atoms with Gasteiger partial charge < -0.3 is 19.9 Å². The molecule has 0 aliphatic carbocycles. The predicted molar refractivity (Wildman–Crippen MR) is 111 cm³/mol. The predicted octanol–water partition coefficient (Wildman–Crippen LogP) is 4.17. The number of hydrogen-bond acceptors (Lipinski definition) is 6. The van der Waals surface area contributed by atoms with Crippen molar-refractivity contribution in [3.63, 3.8) is 0 Å². The van der Waals surface area contributed by atoms with Crippen LogP contribution in [-0.4, -0.2) is 22.7 Å². The SMILES string of the molecule is CCOc1cc(OCc2ccncc2)cc(C(Nc2ccc(C#N)cc2)C(=O)O)c1. The molecule has 0 fully saturated rings. The fourth-order valence-electron chi connectivity index (χ4n) is 2.83. The summed E-state index contributed by atoms with van der Waals surface area (Å²) >= 11 is 0. The van der Waals surface area contributed by atoms with Gasteiger partial charge in [-0.05, 0) is 66.6 Å². The number of rotatable bonds is 9. The molecular formula is C23H21N3O4. The highest BCUT2D eigenvalue weighted by atomic mass is 16.5. The van der Waals surface area contributed by atoms with E-state index in [1.54, 1.807) is 54.9 Å². The molecule has 3 aromatic rings. The number of hydrogen-bond donors (Lipinski definition) is 2. The smallest absolute Gasteiger partial charge is 0.330 e. The summed E-state index contributed by atoms with van der Waals surface area (Å²) in [6.07, 6.45) is 3.37. The fourth-order valence-corrected chi connectivity index (χ4v) is 2.83. The Morgan fingerprint density at radius 1 is 1.10 bits per heavy atom. The topological polar surface area (TPSA) is 104 Å². The van der Waals surface area contributed by atoms with E-state index >= 15 is 0 Å². The van der Waals surface area contributed by atoms with Gasteiger partial charge in [0.15, 0.2) is 6.04 Å². The minimum absolute atomic E-state index is 0.318. The molecular weight excluding hydrogens is 382 g/mol. The second-order valence-electron chi connectivity index (χ2n) is 6.42. The summed E-state index contributed by atoms with van der Waals surface area (Å²) in [5.74, 6) is -0.0265. The lowest BCUT2D eigenvalue weighted by Crippen LogP contribution is -2.20. The number of anilines is 1. The highest BCUT2D eigenvalue weighted by Gasteiger charge is 2.21. The van der Waals surface area contributed by atoms with Gasteiger partial charge in [0, 0.05) is 24.1 Å². The first-order valence-electron chi connectivity index (χ1n) is 9.38. The summed E-state index contributed by atoms with van der Waals surface area (Å²) in [5.41, 5.74) is 2.52. The van der Waals surface area contributed by atoms with Crippen LogP contribution in [0.2, 0.25) is 0 Å². The van der Waals surface area contributed by atoms with Crippen LogP contribution in [0.3, 0.4) is 0 Å². The van der Waals surface area contributed by atoms with E-state index in [0.29, 0.717) is 41.5 Å². The Hall–Kier alpha value is -4.05. The number of nitriles is 1. The van der Waals surface area contributed by atoms with Crippen molar-refractivity contribution < 1.29 is 19.4 Å². The Morgan fingerprint density at radius 3 is 2.37 bits per heavy atom. The van der Waals surface area contributed by atoms with Crippen LogP contribution in [0.5, 0.6) is 11.5 Å². The maximum absolute atomic E-state index is 12.0. The van der Waals surface area contributed by atoms with E-state index < -0.39 is 12.0 Å². The van der Waals surface area contributed by atoms with Gasteiger partial charge in [0.25, 0.3) is 0 Å². The molecule has 0 aliphatic heterocycles. The van der Waals surface area contributed by atoms with Gasteiger partial charge >= 0.3 is 5.97 Å². The average molecular weight is 403 g/mol. The molecule has 30 heavy (non-hydrogen) atoms. The lowest BCUT2D eigenvalue weighted by molar-refractivity contribution is -0.138. The van der Waals surface area contributed by atoms with Crippen LogP contribution in [0.4, 0.5) is 5.69 Å². The summed E-state index contributed by atoms with van der Waals surface area (Å²) in [6.45, 7) is 2.61. The fraction of sp³-hybridized carbons (Fsp3) is 0.174. The molecule has 0 radical (unpaired) electrons. The van der Waals surface area contributed by atoms with E-state index in [2.05, 4.69) is 10.3 Å². The standard InChI is InChI=1S/C23H21N3O4/c1-2-29-20-11-18(12-21(13-20)30-15-17-7-9-25-10-8-17)22(23(27)28)26-19-5-3-16(14-24)4-6-19/h3-13,22,26H,2,15H2,1H3,(H,27,28). The number of benzene rings is 2. The van der Waals surface area contributed by atoms with Gasteiger partial charge in [-0.3, -0.25) is 4.98 Å². The van der Waals surface area contributed by atoms with E-state index in [4.69, 9.17) is 14.7 Å². The number of ether oxygens (including phenoxy) is 2. The van der Waals surface area contributed by atoms with Gasteiger partial charge in [-0.1, -0.05) is 0 Å². The van der Waals surface area contributed by atoms with Crippen molar-refractivity contribution in [2.45, 2.75) is 19.6 Å². The Labute approximate surface area is 174 Å². The normalized spacial score (nSPS) is 11.2. The number of aromatic nitrogens is 1. The van der Waals surface area contributed by atoms with Gasteiger partial charge in [-0.15, -0.1) is 0 Å². The zero-order valence-corrected chi connectivity index (χ0v) is 16.4. The Bertz CT molecular complexity index is 1030. The van der Waals surface area contributed by atoms with Crippen LogP contribution in [0, 0.1) is 11.3 Å². The van der Waals surface area contributed by atoms with Crippen molar-refractivity contribution in [1.82, 2.24) is 4.98 Å². The first kappa shape index (κ1) is 20.7. The largest absolute Gasteiger partial charge is 0.494 e. The zero-order chi connectivity index (χ0) is 21.3. The summed E-state index contributed by atoms with van der Waals surface area (Å²) in [5, 5.41) is 21.7. The number of aliphatic carboxylic acids is 1. The summed E-state index contributed by atoms with van der Waals surface area (Å²) in [7, 11) is 0. The van der Waals surface area contributed by atoms with Crippen molar-refractivity contribution in [3.05, 3.63) is 83.7 Å². The number of carbonyl (C=O) groups is 1. The molecule has 1 atom stereocenters. The third-order valence-corrected chi connectivity index (χ3v) is 4.27. The molecule has 152 valence electrons. The quantitative estimate of drug-likeness (QED) is 0.552. The van der Waals surface area contributed by atoms with E-state index in [1.807, 2.05) is 25.1 Å². The van der Waals surface area contributed by atoms with Crippen molar-refractivity contribution in [3.8, 4) is 17.6 Å². The lowest BCUT2D eigenvalue weighted by atomic mass is 10.1. The average Bonchev–Trinajstić information content (AvgIpc) is 2.77. The third-order valence-electron chi connectivity index (χ3n) is 4.27. The highest BCUT2D eigenvalue weighted by Crippen LogP contribution is 2.30. The van der Waals surface area contributed by atoms with E-state index in [1.165, 1.54) is 0 Å². The molecule has 0 amide bonds. The molecule has 7 heteroatoms. The van der Waals surface area contributed by atoms with Crippen LogP contribution in [-0.2, 0) is 11.4 Å². The van der Waals surface area contributed by atoms with Gasteiger partial charge in [0.2, 0.25) is 0 Å². The summed E-state index contributed by atoms with van der Waals surface area (Å²) in [6, 6.07) is 16.4. The number of carboxylic acid groups (broad SMARTS) is 1. The van der Waals surface area contributed by atoms with Crippen molar-refractivity contribution in [2.24, 2.45) is 0 Å². The monoisotopic (exact) mass is 403 g/mol. The second kappa shape index (κ2) is 9.94. The maximum atomic E-state index is 12.0. The number of nitrogens with zero attached hydrogens (tertiary/aromatic N) is 2. The molecule has 0 saturated carbocycles. The van der Waals surface area contributed by atoms with Crippen molar-refractivity contribution >= 4 is 11.7 Å². The van der Waals surface area contributed by atoms with E-state index in [0.717, 1.165) is 5.56 Å². The third kappa shape index (κ3) is 5.49. The molecule has 2 aromatic carbocycles. The summed E-state index contributed by atoms with van der Waals surface area (Å²) in [4.78, 5) is 16.0. The summed E-state index contributed by atoms with van der Waals surface area (Å²) < 4.78 is 11.5. The Morgan fingerprint density at radius 2 is 1.77 bits per heavy atom. The van der Waals surface area contributed by atoms with E-state index in [-0.39, 0.29) is 0 Å². The first-order chi connectivity index (χ1) is 14.6. The van der Waals surface area contributed by atoms with Gasteiger partial charge in [0.1, 0.15) is 18.1 Å². The van der Waals surface area contributed by atoms with Crippen LogP contribution in [0.1, 0.15) is 29.7 Å². The number of nitrogens with one attached hydrogen (secondary N) is 1. The molecule has 2 N–H and O–H groups in total. The molecule has 0 spiro atoms. The van der Waals surface area contributed by atoms with Gasteiger partial charge in [-0.2, -0.15) is 5.26 Å². The highest BCUT2D eigenvalue weighted by molar-refractivity contribution is 5.79. The minimum Gasteiger partial charge on any atom is -0.494 e. The second-order valence-corrected chi connectivity index (χ2v) is 6.42. The van der Waals surface area contributed by atoms with Crippen molar-refractivity contribution in [2.75, 3.05) is 11.9 Å². The van der Waals surface area contributed by atoms with Crippen LogP contribution in [0.15, 0.2) is 67.0 Å². The lowest BCUT2D eigenvalue weighted by Gasteiger charge is -2.19. The molecule has 0 aliphatic rings.